The number of amides is 1. The molecule has 0 spiro atoms. The lowest BCUT2D eigenvalue weighted by Crippen LogP contribution is -2.31. The van der Waals surface area contributed by atoms with E-state index in [2.05, 4.69) is 15.3 Å². The Morgan fingerprint density at radius 2 is 2.14 bits per heavy atom. The van der Waals surface area contributed by atoms with Crippen LogP contribution < -0.4 is 5.32 Å². The molecule has 2 heterocycles. The first-order valence-corrected chi connectivity index (χ1v) is 7.98. The van der Waals surface area contributed by atoms with Gasteiger partial charge in [0.1, 0.15) is 5.82 Å². The zero-order valence-electron chi connectivity index (χ0n) is 12.0. The van der Waals surface area contributed by atoms with Gasteiger partial charge in [0.25, 0.3) is 0 Å². The van der Waals surface area contributed by atoms with E-state index in [1.807, 2.05) is 19.2 Å². The Morgan fingerprint density at radius 3 is 2.76 bits per heavy atom. The largest absolute Gasteiger partial charge is 0.343 e. The smallest absolute Gasteiger partial charge is 0.228 e. The molecule has 5 nitrogen and oxygen atoms in total. The number of carbonyl (C=O) groups excluding carboxylic acids is 1. The molecule has 0 aliphatic carbocycles. The number of nitrogens with one attached hydrogen (secondary N) is 1. The number of thiazole rings is 1. The van der Waals surface area contributed by atoms with Gasteiger partial charge >= 0.3 is 0 Å². The van der Waals surface area contributed by atoms with Gasteiger partial charge in [-0.1, -0.05) is 11.6 Å². The zero-order chi connectivity index (χ0) is 15.2. The van der Waals surface area contributed by atoms with Gasteiger partial charge in [-0.2, -0.15) is 0 Å². The minimum atomic E-state index is 0.0986. The van der Waals surface area contributed by atoms with Gasteiger partial charge in [-0.3, -0.25) is 4.79 Å². The quantitative estimate of drug-likeness (QED) is 0.885. The van der Waals surface area contributed by atoms with Gasteiger partial charge in [0.05, 0.1) is 17.1 Å². The number of rotatable bonds is 6. The number of hydrogen-bond donors (Lipinski definition) is 1. The number of pyridine rings is 1. The van der Waals surface area contributed by atoms with Gasteiger partial charge in [0, 0.05) is 24.7 Å². The summed E-state index contributed by atoms with van der Waals surface area (Å²) >= 11 is 7.24. The SMILES string of the molecule is CCN(CC)C(=O)Cc1csc(Nc2ccc(Cl)cn2)n1. The fraction of sp³-hybridized carbons (Fsp3) is 0.357. The minimum Gasteiger partial charge on any atom is -0.343 e. The van der Waals surface area contributed by atoms with Gasteiger partial charge in [0.15, 0.2) is 5.13 Å². The molecule has 2 aromatic heterocycles. The van der Waals surface area contributed by atoms with Gasteiger partial charge in [-0.25, -0.2) is 9.97 Å². The van der Waals surface area contributed by atoms with E-state index < -0.39 is 0 Å². The van der Waals surface area contributed by atoms with Crippen molar-refractivity contribution < 1.29 is 4.79 Å². The van der Waals surface area contributed by atoms with Gasteiger partial charge in [0.2, 0.25) is 5.91 Å². The normalized spacial score (nSPS) is 10.4. The molecule has 0 fully saturated rings. The van der Waals surface area contributed by atoms with Gasteiger partial charge in [-0.15, -0.1) is 11.3 Å². The summed E-state index contributed by atoms with van der Waals surface area (Å²) in [6.45, 7) is 5.39. The highest BCUT2D eigenvalue weighted by atomic mass is 35.5. The van der Waals surface area contributed by atoms with E-state index in [9.17, 15) is 4.79 Å². The van der Waals surface area contributed by atoms with Crippen LogP contribution in [-0.2, 0) is 11.2 Å². The molecule has 1 N–H and O–H groups in total. The molecule has 0 radical (unpaired) electrons. The fourth-order valence-electron chi connectivity index (χ4n) is 1.85. The van der Waals surface area contributed by atoms with Crippen molar-refractivity contribution in [2.45, 2.75) is 20.3 Å². The molecule has 0 aliphatic heterocycles. The molecule has 112 valence electrons. The maximum Gasteiger partial charge on any atom is 0.228 e. The van der Waals surface area contributed by atoms with Crippen molar-refractivity contribution in [3.8, 4) is 0 Å². The topological polar surface area (TPSA) is 58.1 Å². The maximum atomic E-state index is 12.0. The summed E-state index contributed by atoms with van der Waals surface area (Å²) in [7, 11) is 0. The van der Waals surface area contributed by atoms with Crippen LogP contribution in [0.5, 0.6) is 0 Å². The van der Waals surface area contributed by atoms with E-state index in [1.165, 1.54) is 11.3 Å². The van der Waals surface area contributed by atoms with E-state index in [1.54, 1.807) is 23.2 Å². The van der Waals surface area contributed by atoms with Crippen LogP contribution >= 0.6 is 22.9 Å². The molecule has 0 bridgehead atoms. The van der Waals surface area contributed by atoms with Gasteiger partial charge in [-0.05, 0) is 26.0 Å². The molecule has 0 aromatic carbocycles. The second kappa shape index (κ2) is 7.38. The third-order valence-corrected chi connectivity index (χ3v) is 3.99. The van der Waals surface area contributed by atoms with Crippen LogP contribution in [0.4, 0.5) is 10.9 Å². The summed E-state index contributed by atoms with van der Waals surface area (Å²) in [6, 6.07) is 3.54. The van der Waals surface area contributed by atoms with Crippen molar-refractivity contribution in [3.05, 3.63) is 34.4 Å². The molecule has 0 saturated heterocycles. The first-order chi connectivity index (χ1) is 10.1. The highest BCUT2D eigenvalue weighted by Gasteiger charge is 2.12. The number of anilines is 2. The van der Waals surface area contributed by atoms with E-state index in [0.717, 1.165) is 18.8 Å². The Kier molecular flexibility index (Phi) is 5.52. The zero-order valence-corrected chi connectivity index (χ0v) is 13.5. The van der Waals surface area contributed by atoms with Crippen LogP contribution in [-0.4, -0.2) is 33.9 Å². The van der Waals surface area contributed by atoms with Crippen molar-refractivity contribution in [1.29, 1.82) is 0 Å². The fourth-order valence-corrected chi connectivity index (χ4v) is 2.68. The predicted octanol–water partition coefficient (Wildman–Crippen LogP) is 3.35. The first kappa shape index (κ1) is 15.7. The Hall–Kier alpha value is -1.66. The standard InChI is InChI=1S/C14H17ClN4OS/c1-3-19(4-2)13(20)7-11-9-21-14(17-11)18-12-6-5-10(15)8-16-12/h5-6,8-9H,3-4,7H2,1-2H3,(H,16,17,18). The summed E-state index contributed by atoms with van der Waals surface area (Å²) in [4.78, 5) is 22.4. The second-order valence-corrected chi connectivity index (χ2v) is 5.67. The van der Waals surface area contributed by atoms with Crippen molar-refractivity contribution in [1.82, 2.24) is 14.9 Å². The van der Waals surface area contributed by atoms with Crippen molar-refractivity contribution in [2.75, 3.05) is 18.4 Å². The maximum absolute atomic E-state index is 12.0. The lowest BCUT2D eigenvalue weighted by Gasteiger charge is -2.17. The van der Waals surface area contributed by atoms with E-state index in [-0.39, 0.29) is 5.91 Å². The first-order valence-electron chi connectivity index (χ1n) is 6.73. The number of carbonyl (C=O) groups is 1. The lowest BCUT2D eigenvalue weighted by atomic mass is 10.3. The highest BCUT2D eigenvalue weighted by Crippen LogP contribution is 2.21. The van der Waals surface area contributed by atoms with E-state index >= 15 is 0 Å². The molecule has 1 amide bonds. The number of halogens is 1. The Balaban J connectivity index is 1.98. The summed E-state index contributed by atoms with van der Waals surface area (Å²) in [5.41, 5.74) is 0.772. The van der Waals surface area contributed by atoms with E-state index in [0.29, 0.717) is 22.4 Å². The number of nitrogens with zero attached hydrogens (tertiary/aromatic N) is 3. The Morgan fingerprint density at radius 1 is 1.38 bits per heavy atom. The highest BCUT2D eigenvalue weighted by molar-refractivity contribution is 7.13. The molecular weight excluding hydrogens is 308 g/mol. The molecule has 0 saturated carbocycles. The van der Waals surface area contributed by atoms with Crippen LogP contribution in [0.3, 0.4) is 0 Å². The Bertz CT molecular complexity index is 595. The molecule has 0 atom stereocenters. The van der Waals surface area contributed by atoms with Crippen molar-refractivity contribution >= 4 is 39.8 Å². The van der Waals surface area contributed by atoms with Gasteiger partial charge < -0.3 is 10.2 Å². The average molecular weight is 325 g/mol. The lowest BCUT2D eigenvalue weighted by molar-refractivity contribution is -0.130. The van der Waals surface area contributed by atoms with Crippen molar-refractivity contribution in [2.24, 2.45) is 0 Å². The van der Waals surface area contributed by atoms with Crippen LogP contribution in [0, 0.1) is 0 Å². The number of hydrogen-bond acceptors (Lipinski definition) is 5. The average Bonchev–Trinajstić information content (AvgIpc) is 2.90. The molecule has 0 unspecified atom stereocenters. The van der Waals surface area contributed by atoms with Crippen LogP contribution in [0.15, 0.2) is 23.7 Å². The van der Waals surface area contributed by atoms with Crippen LogP contribution in [0.25, 0.3) is 0 Å². The number of likely N-dealkylation sites (N-methyl/N-ethyl adjacent to an activating group) is 1. The Labute approximate surface area is 133 Å². The molecule has 2 rings (SSSR count). The molecule has 0 aliphatic rings. The summed E-state index contributed by atoms with van der Waals surface area (Å²) in [5, 5.41) is 6.29. The van der Waals surface area contributed by atoms with E-state index in [4.69, 9.17) is 11.6 Å². The second-order valence-electron chi connectivity index (χ2n) is 4.37. The third-order valence-electron chi connectivity index (χ3n) is 2.96. The molecule has 21 heavy (non-hydrogen) atoms. The monoisotopic (exact) mass is 324 g/mol. The van der Waals surface area contributed by atoms with Crippen molar-refractivity contribution in [3.63, 3.8) is 0 Å². The van der Waals surface area contributed by atoms with Crippen LogP contribution in [0.1, 0.15) is 19.5 Å². The molecule has 2 aromatic rings. The minimum absolute atomic E-state index is 0.0986. The molecule has 7 heteroatoms. The summed E-state index contributed by atoms with van der Waals surface area (Å²) in [6.07, 6.45) is 1.90. The number of aromatic nitrogens is 2. The summed E-state index contributed by atoms with van der Waals surface area (Å²) in [5.74, 6) is 0.775. The van der Waals surface area contributed by atoms with Crippen LogP contribution in [0.2, 0.25) is 5.02 Å². The third kappa shape index (κ3) is 4.41. The summed E-state index contributed by atoms with van der Waals surface area (Å²) < 4.78 is 0. The molecular formula is C14H17ClN4OS. The predicted molar refractivity (Wildman–Crippen MR) is 86.3 cm³/mol.